The summed E-state index contributed by atoms with van der Waals surface area (Å²) < 4.78 is 9.86. The van der Waals surface area contributed by atoms with Crippen LogP contribution in [0.2, 0.25) is 0 Å². The van der Waals surface area contributed by atoms with E-state index in [1.165, 1.54) is 35.3 Å². The number of amides is 1. The molecule has 1 heterocycles. The van der Waals surface area contributed by atoms with Crippen molar-refractivity contribution in [2.75, 3.05) is 13.7 Å². The monoisotopic (exact) mass is 381 g/mol. The smallest absolute Gasteiger partial charge is 0.348 e. The molecule has 26 heavy (non-hydrogen) atoms. The number of nitrogens with one attached hydrogen (secondary N) is 1. The fourth-order valence-corrected chi connectivity index (χ4v) is 4.13. The van der Waals surface area contributed by atoms with E-state index in [-0.39, 0.29) is 5.92 Å². The van der Waals surface area contributed by atoms with Gasteiger partial charge in [-0.3, -0.25) is 4.79 Å². The van der Waals surface area contributed by atoms with Gasteiger partial charge in [-0.1, -0.05) is 26.7 Å². The second-order valence-corrected chi connectivity index (χ2v) is 7.79. The average Bonchev–Trinajstić information content (AvgIpc) is 2.93. The van der Waals surface area contributed by atoms with Crippen LogP contribution in [0.25, 0.3) is 0 Å². The number of thiophene rings is 1. The molecule has 1 aliphatic rings. The zero-order valence-electron chi connectivity index (χ0n) is 15.6. The molecule has 0 spiro atoms. The van der Waals surface area contributed by atoms with Gasteiger partial charge in [-0.25, -0.2) is 9.59 Å². The van der Waals surface area contributed by atoms with E-state index in [0.29, 0.717) is 11.3 Å². The average molecular weight is 381 g/mol. The molecule has 1 amide bonds. The number of hydrogen-bond donors (Lipinski definition) is 1. The van der Waals surface area contributed by atoms with Crippen LogP contribution in [0.5, 0.6) is 0 Å². The number of hydrogen-bond acceptors (Lipinski definition) is 6. The highest BCUT2D eigenvalue weighted by atomic mass is 32.1. The van der Waals surface area contributed by atoms with E-state index in [1.807, 2.05) is 19.9 Å². The van der Waals surface area contributed by atoms with Gasteiger partial charge in [0.15, 0.2) is 6.61 Å². The highest BCUT2D eigenvalue weighted by Crippen LogP contribution is 2.29. The Labute approximate surface area is 158 Å². The van der Waals surface area contributed by atoms with Gasteiger partial charge in [0.05, 0.1) is 7.11 Å². The maximum absolute atomic E-state index is 12.2. The molecule has 0 aliphatic heterocycles. The van der Waals surface area contributed by atoms with Gasteiger partial charge in [0.25, 0.3) is 5.91 Å². The maximum Gasteiger partial charge on any atom is 0.348 e. The lowest BCUT2D eigenvalue weighted by Crippen LogP contribution is -2.47. The zero-order valence-corrected chi connectivity index (χ0v) is 16.4. The van der Waals surface area contributed by atoms with Crippen LogP contribution in [0, 0.1) is 5.92 Å². The summed E-state index contributed by atoms with van der Waals surface area (Å²) in [6, 6.07) is 1.15. The molecule has 0 fully saturated rings. The van der Waals surface area contributed by atoms with Crippen molar-refractivity contribution in [3.8, 4) is 0 Å². The molecular formula is C19H27NO5S. The third kappa shape index (κ3) is 5.30. The molecule has 0 radical (unpaired) electrons. The van der Waals surface area contributed by atoms with E-state index < -0.39 is 30.5 Å². The predicted molar refractivity (Wildman–Crippen MR) is 99.3 cm³/mol. The van der Waals surface area contributed by atoms with Crippen molar-refractivity contribution < 1.29 is 23.9 Å². The van der Waals surface area contributed by atoms with E-state index in [0.717, 1.165) is 25.7 Å². The van der Waals surface area contributed by atoms with Crippen molar-refractivity contribution in [1.82, 2.24) is 5.32 Å². The highest BCUT2D eigenvalue weighted by Gasteiger charge is 2.27. The Bertz CT molecular complexity index is 631. The normalized spacial score (nSPS) is 16.0. The summed E-state index contributed by atoms with van der Waals surface area (Å²) in [7, 11) is 1.28. The standard InChI is InChI=1S/C19H27NO5S/c1-4-12(2)17(19(23)24-3)20-16(21)11-25-18(22)15-10-13-8-6-5-7-9-14(13)26-15/h10,12,17H,4-9,11H2,1-3H3,(H,20,21)/t12-,17+/m1/s1. The Morgan fingerprint density at radius 1 is 1.23 bits per heavy atom. The van der Waals surface area contributed by atoms with Crippen molar-refractivity contribution in [2.45, 2.75) is 58.4 Å². The summed E-state index contributed by atoms with van der Waals surface area (Å²) in [6.07, 6.45) is 6.22. The number of ether oxygens (including phenoxy) is 2. The summed E-state index contributed by atoms with van der Waals surface area (Å²) in [5, 5.41) is 2.60. The Morgan fingerprint density at radius 3 is 2.65 bits per heavy atom. The first-order valence-electron chi connectivity index (χ1n) is 9.12. The number of aryl methyl sites for hydroxylation is 2. The Morgan fingerprint density at radius 2 is 1.96 bits per heavy atom. The molecule has 144 valence electrons. The molecule has 6 nitrogen and oxygen atoms in total. The Kier molecular flexibility index (Phi) is 7.63. The minimum absolute atomic E-state index is 0.0740. The molecule has 1 N–H and O–H groups in total. The third-order valence-electron chi connectivity index (χ3n) is 4.77. The van der Waals surface area contributed by atoms with Crippen molar-refractivity contribution in [1.29, 1.82) is 0 Å². The third-order valence-corrected chi connectivity index (χ3v) is 5.98. The van der Waals surface area contributed by atoms with Crippen molar-refractivity contribution >= 4 is 29.2 Å². The SMILES string of the molecule is CC[C@@H](C)[C@H](NC(=O)COC(=O)c1cc2c(s1)CCCCC2)C(=O)OC. The molecule has 2 atom stereocenters. The van der Waals surface area contributed by atoms with Crippen LogP contribution >= 0.6 is 11.3 Å². The van der Waals surface area contributed by atoms with Crippen LogP contribution in [0.15, 0.2) is 6.07 Å². The first kappa shape index (κ1) is 20.4. The van der Waals surface area contributed by atoms with Gasteiger partial charge in [-0.15, -0.1) is 11.3 Å². The summed E-state index contributed by atoms with van der Waals surface area (Å²) in [4.78, 5) is 37.9. The molecule has 1 aromatic rings. The first-order valence-corrected chi connectivity index (χ1v) is 9.93. The molecular weight excluding hydrogens is 354 g/mol. The van der Waals surface area contributed by atoms with Gasteiger partial charge >= 0.3 is 11.9 Å². The summed E-state index contributed by atoms with van der Waals surface area (Å²) >= 11 is 1.46. The van der Waals surface area contributed by atoms with Gasteiger partial charge in [-0.2, -0.15) is 0 Å². The number of esters is 2. The van der Waals surface area contributed by atoms with Crippen LogP contribution in [0.1, 0.15) is 59.6 Å². The van der Waals surface area contributed by atoms with Crippen LogP contribution in [-0.2, 0) is 31.9 Å². The van der Waals surface area contributed by atoms with Crippen molar-refractivity contribution in [2.24, 2.45) is 5.92 Å². The fourth-order valence-electron chi connectivity index (χ4n) is 2.98. The minimum Gasteiger partial charge on any atom is -0.467 e. The summed E-state index contributed by atoms with van der Waals surface area (Å²) in [5.41, 5.74) is 1.23. The summed E-state index contributed by atoms with van der Waals surface area (Å²) in [5.74, 6) is -1.57. The molecule has 0 unspecified atom stereocenters. The van der Waals surface area contributed by atoms with E-state index in [9.17, 15) is 14.4 Å². The van der Waals surface area contributed by atoms with E-state index in [1.54, 1.807) is 0 Å². The van der Waals surface area contributed by atoms with E-state index >= 15 is 0 Å². The quantitative estimate of drug-likeness (QED) is 0.580. The molecule has 0 aromatic carbocycles. The first-order chi connectivity index (χ1) is 12.5. The minimum atomic E-state index is -0.742. The van der Waals surface area contributed by atoms with Crippen molar-refractivity contribution in [3.05, 3.63) is 21.4 Å². The lowest BCUT2D eigenvalue weighted by atomic mass is 9.99. The van der Waals surface area contributed by atoms with E-state index in [2.05, 4.69) is 5.32 Å². The second kappa shape index (κ2) is 9.71. The van der Waals surface area contributed by atoms with Crippen LogP contribution in [-0.4, -0.2) is 37.6 Å². The Balaban J connectivity index is 1.90. The zero-order chi connectivity index (χ0) is 19.1. The number of carbonyl (C=O) groups excluding carboxylic acids is 3. The maximum atomic E-state index is 12.2. The van der Waals surface area contributed by atoms with Crippen LogP contribution in [0.4, 0.5) is 0 Å². The van der Waals surface area contributed by atoms with Crippen LogP contribution in [0.3, 0.4) is 0 Å². The molecule has 7 heteroatoms. The molecule has 2 rings (SSSR count). The van der Waals surface area contributed by atoms with Crippen molar-refractivity contribution in [3.63, 3.8) is 0 Å². The number of methoxy groups -OCH3 is 1. The highest BCUT2D eigenvalue weighted by molar-refractivity contribution is 7.14. The van der Waals surface area contributed by atoms with Gasteiger partial charge in [0, 0.05) is 4.88 Å². The number of rotatable bonds is 7. The van der Waals surface area contributed by atoms with Gasteiger partial charge in [0.2, 0.25) is 0 Å². The van der Waals surface area contributed by atoms with E-state index in [4.69, 9.17) is 9.47 Å². The lowest BCUT2D eigenvalue weighted by molar-refractivity contribution is -0.147. The summed E-state index contributed by atoms with van der Waals surface area (Å²) in [6.45, 7) is 3.37. The molecule has 0 saturated carbocycles. The van der Waals surface area contributed by atoms with Gasteiger partial charge in [-0.05, 0) is 43.2 Å². The molecule has 0 bridgehead atoms. The van der Waals surface area contributed by atoms with Gasteiger partial charge < -0.3 is 14.8 Å². The molecule has 1 aromatic heterocycles. The largest absolute Gasteiger partial charge is 0.467 e. The topological polar surface area (TPSA) is 81.7 Å². The molecule has 1 aliphatic carbocycles. The van der Waals surface area contributed by atoms with Gasteiger partial charge in [0.1, 0.15) is 10.9 Å². The van der Waals surface area contributed by atoms with Crippen LogP contribution < -0.4 is 5.32 Å². The Hall–Kier alpha value is -1.89. The fraction of sp³-hybridized carbons (Fsp3) is 0.632. The number of carbonyl (C=O) groups is 3. The lowest BCUT2D eigenvalue weighted by Gasteiger charge is -2.21. The molecule has 0 saturated heterocycles. The second-order valence-electron chi connectivity index (χ2n) is 6.65. The predicted octanol–water partition coefficient (Wildman–Crippen LogP) is 2.88. The number of fused-ring (bicyclic) bond motifs is 1.